The molecule has 4 aromatic rings. The van der Waals surface area contributed by atoms with Crippen LogP contribution >= 0.6 is 11.3 Å². The van der Waals surface area contributed by atoms with Crippen molar-refractivity contribution in [2.45, 2.75) is 6.18 Å². The molecule has 2 aromatic carbocycles. The van der Waals surface area contributed by atoms with Gasteiger partial charge in [-0.3, -0.25) is 10.4 Å². The average Bonchev–Trinajstić information content (AvgIpc) is 3.23. The van der Waals surface area contributed by atoms with Crippen LogP contribution in [0.15, 0.2) is 83.4 Å². The van der Waals surface area contributed by atoms with E-state index in [4.69, 9.17) is 0 Å². The van der Waals surface area contributed by atoms with Crippen molar-refractivity contribution in [3.05, 3.63) is 89.4 Å². The van der Waals surface area contributed by atoms with Gasteiger partial charge in [0.2, 0.25) is 5.13 Å². The van der Waals surface area contributed by atoms with Crippen LogP contribution in [0, 0.1) is 0 Å². The number of rotatable bonds is 5. The first-order valence-electron chi connectivity index (χ1n) is 8.93. The third kappa shape index (κ3) is 4.72. The molecule has 8 heteroatoms. The lowest BCUT2D eigenvalue weighted by Gasteiger charge is -2.07. The number of hydrogen-bond acceptors (Lipinski definition) is 5. The highest BCUT2D eigenvalue weighted by molar-refractivity contribution is 7.14. The summed E-state index contributed by atoms with van der Waals surface area (Å²) in [6.07, 6.45) is -1.90. The highest BCUT2D eigenvalue weighted by atomic mass is 32.1. The molecule has 2 heterocycles. The van der Waals surface area contributed by atoms with Crippen molar-refractivity contribution in [3.63, 3.8) is 0 Å². The molecule has 2 aromatic heterocycles. The number of nitrogens with one attached hydrogen (secondary N) is 1. The lowest BCUT2D eigenvalue weighted by atomic mass is 10.1. The Morgan fingerprint density at radius 1 is 0.867 bits per heavy atom. The van der Waals surface area contributed by atoms with Gasteiger partial charge in [-0.1, -0.05) is 54.6 Å². The van der Waals surface area contributed by atoms with Crippen LogP contribution in [-0.4, -0.2) is 16.2 Å². The Bertz CT molecular complexity index is 1140. The molecule has 0 unspecified atom stereocenters. The Balaban J connectivity index is 1.39. The van der Waals surface area contributed by atoms with Crippen molar-refractivity contribution in [1.82, 2.24) is 9.97 Å². The van der Waals surface area contributed by atoms with E-state index in [0.29, 0.717) is 10.8 Å². The second-order valence-electron chi connectivity index (χ2n) is 6.33. The van der Waals surface area contributed by atoms with Crippen LogP contribution in [0.1, 0.15) is 11.1 Å². The Hall–Kier alpha value is -3.52. The molecule has 0 aliphatic heterocycles. The summed E-state index contributed by atoms with van der Waals surface area (Å²) in [6.45, 7) is 0. The van der Waals surface area contributed by atoms with Crippen LogP contribution in [-0.2, 0) is 6.18 Å². The number of pyridine rings is 1. The van der Waals surface area contributed by atoms with Crippen LogP contribution in [0.5, 0.6) is 0 Å². The first-order chi connectivity index (χ1) is 14.5. The highest BCUT2D eigenvalue weighted by Crippen LogP contribution is 2.29. The molecule has 0 radical (unpaired) electrons. The summed E-state index contributed by atoms with van der Waals surface area (Å²) in [4.78, 5) is 8.40. The third-order valence-electron chi connectivity index (χ3n) is 4.24. The fraction of sp³-hybridized carbons (Fsp3) is 0.0455. The molecule has 4 nitrogen and oxygen atoms in total. The van der Waals surface area contributed by atoms with Gasteiger partial charge in [0.15, 0.2) is 0 Å². The molecule has 30 heavy (non-hydrogen) atoms. The zero-order valence-corrected chi connectivity index (χ0v) is 16.3. The van der Waals surface area contributed by atoms with Crippen LogP contribution < -0.4 is 5.43 Å². The summed E-state index contributed by atoms with van der Waals surface area (Å²) in [7, 11) is 0. The van der Waals surface area contributed by atoms with Gasteiger partial charge in [0.25, 0.3) is 0 Å². The van der Waals surface area contributed by atoms with Gasteiger partial charge in [0.05, 0.1) is 23.2 Å². The van der Waals surface area contributed by atoms with Gasteiger partial charge in [-0.05, 0) is 17.7 Å². The Kier molecular flexibility index (Phi) is 5.58. The van der Waals surface area contributed by atoms with Crippen molar-refractivity contribution in [2.24, 2.45) is 5.10 Å². The Morgan fingerprint density at radius 2 is 1.60 bits per heavy atom. The molecular formula is C22H15F3N4S. The number of alkyl halides is 3. The third-order valence-corrected chi connectivity index (χ3v) is 4.99. The number of thiazole rings is 1. The summed E-state index contributed by atoms with van der Waals surface area (Å²) >= 11 is 1.46. The molecule has 150 valence electrons. The largest absolute Gasteiger partial charge is 0.417 e. The molecule has 0 amide bonds. The normalized spacial score (nSPS) is 11.7. The predicted molar refractivity (Wildman–Crippen MR) is 113 cm³/mol. The maximum Gasteiger partial charge on any atom is 0.417 e. The summed E-state index contributed by atoms with van der Waals surface area (Å²) in [5, 5.41) is 6.83. The summed E-state index contributed by atoms with van der Waals surface area (Å²) in [5.41, 5.74) is 6.09. The molecule has 0 aliphatic carbocycles. The highest BCUT2D eigenvalue weighted by Gasteiger charge is 2.30. The van der Waals surface area contributed by atoms with Gasteiger partial charge < -0.3 is 0 Å². The van der Waals surface area contributed by atoms with Gasteiger partial charge in [0, 0.05) is 22.7 Å². The smallest absolute Gasteiger partial charge is 0.256 e. The summed E-state index contributed by atoms with van der Waals surface area (Å²) in [6, 6.07) is 19.5. The minimum atomic E-state index is -4.39. The quantitative estimate of drug-likeness (QED) is 0.301. The fourth-order valence-corrected chi connectivity index (χ4v) is 3.37. The first-order valence-corrected chi connectivity index (χ1v) is 9.81. The zero-order valence-electron chi connectivity index (χ0n) is 15.5. The van der Waals surface area contributed by atoms with Crippen molar-refractivity contribution < 1.29 is 13.2 Å². The first kappa shape index (κ1) is 19.8. The van der Waals surface area contributed by atoms with E-state index in [2.05, 4.69) is 20.5 Å². The van der Waals surface area contributed by atoms with Crippen LogP contribution in [0.25, 0.3) is 22.5 Å². The molecule has 0 fully saturated rings. The summed E-state index contributed by atoms with van der Waals surface area (Å²) in [5.74, 6) is 0. The lowest BCUT2D eigenvalue weighted by Crippen LogP contribution is -2.05. The summed E-state index contributed by atoms with van der Waals surface area (Å²) < 4.78 is 37.9. The topological polar surface area (TPSA) is 50.2 Å². The van der Waals surface area contributed by atoms with Crippen molar-refractivity contribution in [2.75, 3.05) is 5.43 Å². The number of halogens is 3. The van der Waals surface area contributed by atoms with Gasteiger partial charge in [-0.25, -0.2) is 4.98 Å². The van der Waals surface area contributed by atoms with Gasteiger partial charge in [-0.15, -0.1) is 11.3 Å². The number of hydrogen-bond donors (Lipinski definition) is 1. The molecular weight excluding hydrogens is 409 g/mol. The maximum atomic E-state index is 12.6. The van der Waals surface area contributed by atoms with E-state index in [9.17, 15) is 13.2 Å². The minimum absolute atomic E-state index is 0.473. The molecule has 0 aliphatic rings. The molecule has 0 bridgehead atoms. The monoisotopic (exact) mass is 424 g/mol. The molecule has 0 spiro atoms. The molecule has 0 atom stereocenters. The fourth-order valence-electron chi connectivity index (χ4n) is 2.70. The second kappa shape index (κ2) is 8.46. The molecule has 4 rings (SSSR count). The number of anilines is 1. The average molecular weight is 424 g/mol. The SMILES string of the molecule is FC(F)(F)c1ccc(-c2ccc(C=NNc3nc(-c4ccccc4)cs3)cc2)nc1. The van der Waals surface area contributed by atoms with Gasteiger partial charge in [0.1, 0.15) is 0 Å². The maximum absolute atomic E-state index is 12.6. The number of nitrogens with zero attached hydrogens (tertiary/aromatic N) is 3. The van der Waals surface area contributed by atoms with E-state index in [0.717, 1.165) is 34.6 Å². The van der Waals surface area contributed by atoms with E-state index >= 15 is 0 Å². The van der Waals surface area contributed by atoms with E-state index in [-0.39, 0.29) is 0 Å². The number of benzene rings is 2. The van der Waals surface area contributed by atoms with E-state index in [1.54, 1.807) is 18.3 Å². The Morgan fingerprint density at radius 3 is 2.27 bits per heavy atom. The minimum Gasteiger partial charge on any atom is -0.256 e. The van der Waals surface area contributed by atoms with Crippen molar-refractivity contribution in [1.29, 1.82) is 0 Å². The van der Waals surface area contributed by atoms with Crippen molar-refractivity contribution in [3.8, 4) is 22.5 Å². The van der Waals surface area contributed by atoms with E-state index in [1.165, 1.54) is 17.4 Å². The Labute approximate surface area is 174 Å². The van der Waals surface area contributed by atoms with E-state index < -0.39 is 11.7 Å². The van der Waals surface area contributed by atoms with Gasteiger partial charge >= 0.3 is 6.18 Å². The molecule has 0 saturated carbocycles. The number of aromatic nitrogens is 2. The second-order valence-corrected chi connectivity index (χ2v) is 7.18. The van der Waals surface area contributed by atoms with Crippen molar-refractivity contribution >= 4 is 22.7 Å². The van der Waals surface area contributed by atoms with Crippen LogP contribution in [0.2, 0.25) is 0 Å². The van der Waals surface area contributed by atoms with Crippen LogP contribution in [0.4, 0.5) is 18.3 Å². The zero-order chi connectivity index (χ0) is 21.0. The van der Waals surface area contributed by atoms with E-state index in [1.807, 2.05) is 47.8 Å². The van der Waals surface area contributed by atoms with Gasteiger partial charge in [-0.2, -0.15) is 18.3 Å². The standard InChI is InChI=1S/C22H15F3N4S/c23-22(24,25)18-10-11-19(26-13-18)17-8-6-15(7-9-17)12-27-29-21-28-20(14-30-21)16-4-2-1-3-5-16/h1-14H,(H,28,29). The lowest BCUT2D eigenvalue weighted by molar-refractivity contribution is -0.137. The number of hydrazone groups is 1. The molecule has 1 N–H and O–H groups in total. The molecule has 0 saturated heterocycles. The predicted octanol–water partition coefficient (Wildman–Crippen LogP) is 6.34. The van der Waals surface area contributed by atoms with Crippen LogP contribution in [0.3, 0.4) is 0 Å².